The number of hydrogen-bond acceptors (Lipinski definition) is 3. The molecule has 0 radical (unpaired) electrons. The zero-order valence-electron chi connectivity index (χ0n) is 6.58. The summed E-state index contributed by atoms with van der Waals surface area (Å²) < 4.78 is 5.02. The highest BCUT2D eigenvalue weighted by molar-refractivity contribution is 5.38. The Labute approximate surface area is 70.3 Å². The van der Waals surface area contributed by atoms with E-state index in [-0.39, 0.29) is 11.7 Å². The van der Waals surface area contributed by atoms with Crippen LogP contribution in [-0.2, 0) is 4.74 Å². The van der Waals surface area contributed by atoms with E-state index in [0.29, 0.717) is 5.76 Å². The minimum absolute atomic E-state index is 0.129. The summed E-state index contributed by atoms with van der Waals surface area (Å²) in [5.41, 5.74) is 0.805. The molecule has 0 fully saturated rings. The molecule has 0 aromatic rings. The van der Waals surface area contributed by atoms with E-state index in [0.717, 1.165) is 24.8 Å². The van der Waals surface area contributed by atoms with E-state index in [2.05, 4.69) is 0 Å². The maximum atomic E-state index is 9.40. The quantitative estimate of drug-likeness (QED) is 0.580. The summed E-state index contributed by atoms with van der Waals surface area (Å²) in [5, 5.41) is 18.4. The molecule has 3 nitrogen and oxygen atoms in total. The van der Waals surface area contributed by atoms with Gasteiger partial charge in [0.25, 0.3) is 5.95 Å². The Bertz CT molecular complexity index is 297. The van der Waals surface area contributed by atoms with Crippen LogP contribution < -0.4 is 0 Å². The number of aliphatic hydroxyl groups excluding tert-OH is 2. The van der Waals surface area contributed by atoms with Crippen molar-refractivity contribution in [1.82, 2.24) is 0 Å². The zero-order chi connectivity index (χ0) is 8.55. The first kappa shape index (κ1) is 7.28. The second-order valence-electron chi connectivity index (χ2n) is 2.91. The maximum Gasteiger partial charge on any atom is 0.285 e. The Morgan fingerprint density at radius 2 is 2.17 bits per heavy atom. The molecule has 1 aliphatic carbocycles. The molecule has 3 heteroatoms. The van der Waals surface area contributed by atoms with Crippen LogP contribution in [0.4, 0.5) is 0 Å². The van der Waals surface area contributed by atoms with Crippen LogP contribution in [0.5, 0.6) is 0 Å². The van der Waals surface area contributed by atoms with Crippen molar-refractivity contribution >= 4 is 0 Å². The number of allylic oxidation sites excluding steroid dienone is 3. The first-order valence-electron chi connectivity index (χ1n) is 3.98. The summed E-state index contributed by atoms with van der Waals surface area (Å²) in [4.78, 5) is 0. The Balaban J connectivity index is 2.43. The van der Waals surface area contributed by atoms with Crippen LogP contribution in [-0.4, -0.2) is 10.2 Å². The van der Waals surface area contributed by atoms with Crippen molar-refractivity contribution in [2.75, 3.05) is 0 Å². The molecule has 0 atom stereocenters. The molecule has 0 aromatic carbocycles. The van der Waals surface area contributed by atoms with E-state index in [1.54, 1.807) is 0 Å². The second-order valence-corrected chi connectivity index (χ2v) is 2.91. The van der Waals surface area contributed by atoms with Crippen molar-refractivity contribution < 1.29 is 14.9 Å². The van der Waals surface area contributed by atoms with Crippen molar-refractivity contribution in [3.05, 3.63) is 35.2 Å². The summed E-state index contributed by atoms with van der Waals surface area (Å²) in [7, 11) is 0. The van der Waals surface area contributed by atoms with Crippen LogP contribution >= 0.6 is 0 Å². The minimum atomic E-state index is -0.232. The van der Waals surface area contributed by atoms with E-state index < -0.39 is 0 Å². The Morgan fingerprint density at radius 1 is 1.33 bits per heavy atom. The summed E-state index contributed by atoms with van der Waals surface area (Å²) in [6.07, 6.45) is 5.91. The molecule has 0 spiro atoms. The van der Waals surface area contributed by atoms with Gasteiger partial charge in [0.15, 0.2) is 0 Å². The fraction of sp³-hybridized carbons (Fsp3) is 0.333. The van der Waals surface area contributed by atoms with Gasteiger partial charge in [-0.25, -0.2) is 0 Å². The van der Waals surface area contributed by atoms with Gasteiger partial charge in [-0.05, 0) is 25.3 Å². The van der Waals surface area contributed by atoms with Crippen LogP contribution in [0, 0.1) is 0 Å². The second kappa shape index (κ2) is 2.59. The molecule has 1 aliphatic heterocycles. The fourth-order valence-electron chi connectivity index (χ4n) is 1.46. The summed E-state index contributed by atoms with van der Waals surface area (Å²) in [5.74, 6) is 0.507. The van der Waals surface area contributed by atoms with Gasteiger partial charge in [0.1, 0.15) is 11.5 Å². The summed E-state index contributed by atoms with van der Waals surface area (Å²) in [6, 6.07) is 0. The fourth-order valence-corrected chi connectivity index (χ4v) is 1.46. The number of ether oxygens (including phenoxy) is 1. The average Bonchev–Trinajstić information content (AvgIpc) is 2.04. The van der Waals surface area contributed by atoms with Gasteiger partial charge in [-0.15, -0.1) is 0 Å². The SMILES string of the molecule is OC1=CC(O)=C2CCCC=C2O1. The lowest BCUT2D eigenvalue weighted by atomic mass is 9.98. The highest BCUT2D eigenvalue weighted by Crippen LogP contribution is 2.31. The lowest BCUT2D eigenvalue weighted by Gasteiger charge is -2.20. The highest BCUT2D eigenvalue weighted by Gasteiger charge is 2.21. The van der Waals surface area contributed by atoms with Crippen LogP contribution in [0.15, 0.2) is 35.2 Å². The molecule has 0 amide bonds. The van der Waals surface area contributed by atoms with Crippen molar-refractivity contribution in [3.63, 3.8) is 0 Å². The molecule has 1 heterocycles. The molecule has 2 rings (SSSR count). The lowest BCUT2D eigenvalue weighted by Crippen LogP contribution is -2.08. The normalized spacial score (nSPS) is 22.3. The topological polar surface area (TPSA) is 49.7 Å². The van der Waals surface area contributed by atoms with E-state index in [1.807, 2.05) is 6.08 Å². The zero-order valence-corrected chi connectivity index (χ0v) is 6.58. The van der Waals surface area contributed by atoms with Crippen LogP contribution in [0.1, 0.15) is 19.3 Å². The van der Waals surface area contributed by atoms with Crippen molar-refractivity contribution in [2.45, 2.75) is 19.3 Å². The first-order valence-corrected chi connectivity index (χ1v) is 3.98. The molecule has 2 aliphatic rings. The predicted octanol–water partition coefficient (Wildman–Crippen LogP) is 2.30. The van der Waals surface area contributed by atoms with Gasteiger partial charge >= 0.3 is 0 Å². The van der Waals surface area contributed by atoms with Gasteiger partial charge in [-0.1, -0.05) is 0 Å². The third kappa shape index (κ3) is 1.07. The van der Waals surface area contributed by atoms with E-state index in [4.69, 9.17) is 9.84 Å². The van der Waals surface area contributed by atoms with E-state index >= 15 is 0 Å². The molecule has 12 heavy (non-hydrogen) atoms. The maximum absolute atomic E-state index is 9.40. The Morgan fingerprint density at radius 3 is 3.00 bits per heavy atom. The largest absolute Gasteiger partial charge is 0.507 e. The first-order chi connectivity index (χ1) is 5.77. The third-order valence-electron chi connectivity index (χ3n) is 2.04. The van der Waals surface area contributed by atoms with Gasteiger partial charge in [0.05, 0.1) is 6.08 Å². The number of aliphatic hydroxyl groups is 2. The molecule has 0 unspecified atom stereocenters. The number of rotatable bonds is 0. The molecular weight excluding hydrogens is 156 g/mol. The van der Waals surface area contributed by atoms with Gasteiger partial charge < -0.3 is 14.9 Å². The van der Waals surface area contributed by atoms with E-state index in [9.17, 15) is 5.11 Å². The molecule has 0 bridgehead atoms. The predicted molar refractivity (Wildman–Crippen MR) is 43.4 cm³/mol. The molecule has 64 valence electrons. The smallest absolute Gasteiger partial charge is 0.285 e. The standard InChI is InChI=1S/C9H10O3/c10-7-5-9(11)12-8-4-2-1-3-6(7)8/h4-5,10-11H,1-3H2. The van der Waals surface area contributed by atoms with E-state index in [1.165, 1.54) is 6.08 Å². The average molecular weight is 166 g/mol. The summed E-state index contributed by atoms with van der Waals surface area (Å²) >= 11 is 0. The van der Waals surface area contributed by atoms with Crippen LogP contribution in [0.25, 0.3) is 0 Å². The van der Waals surface area contributed by atoms with Crippen LogP contribution in [0.2, 0.25) is 0 Å². The van der Waals surface area contributed by atoms with Crippen LogP contribution in [0.3, 0.4) is 0 Å². The third-order valence-corrected chi connectivity index (χ3v) is 2.04. The monoisotopic (exact) mass is 166 g/mol. The minimum Gasteiger partial charge on any atom is -0.507 e. The summed E-state index contributed by atoms with van der Waals surface area (Å²) in [6.45, 7) is 0. The van der Waals surface area contributed by atoms with Gasteiger partial charge in [0, 0.05) is 5.57 Å². The molecule has 2 N–H and O–H groups in total. The van der Waals surface area contributed by atoms with Crippen molar-refractivity contribution in [3.8, 4) is 0 Å². The molecule has 0 aromatic heterocycles. The lowest BCUT2D eigenvalue weighted by molar-refractivity contribution is 0.138. The van der Waals surface area contributed by atoms with Gasteiger partial charge in [-0.2, -0.15) is 0 Å². The van der Waals surface area contributed by atoms with Crippen molar-refractivity contribution in [1.29, 1.82) is 0 Å². The van der Waals surface area contributed by atoms with Crippen molar-refractivity contribution in [2.24, 2.45) is 0 Å². The van der Waals surface area contributed by atoms with Gasteiger partial charge in [0.2, 0.25) is 0 Å². The Hall–Kier alpha value is -1.38. The molecule has 0 saturated heterocycles. The Kier molecular flexibility index (Phi) is 1.57. The highest BCUT2D eigenvalue weighted by atomic mass is 16.6. The number of hydrogen-bond donors (Lipinski definition) is 2. The molecule has 0 saturated carbocycles. The van der Waals surface area contributed by atoms with Gasteiger partial charge in [-0.3, -0.25) is 0 Å². The molecular formula is C9H10O3. The number of fused-ring (bicyclic) bond motifs is 1.